The van der Waals surface area contributed by atoms with Gasteiger partial charge < -0.3 is 14.2 Å². The highest BCUT2D eigenvalue weighted by Gasteiger charge is 2.13. The van der Waals surface area contributed by atoms with Crippen LogP contribution in [0.4, 0.5) is 0 Å². The summed E-state index contributed by atoms with van der Waals surface area (Å²) in [5.74, 6) is -0.0504. The van der Waals surface area contributed by atoms with E-state index in [-0.39, 0.29) is 12.3 Å². The number of hydrogen-bond acceptors (Lipinski definition) is 5. The fourth-order valence-corrected chi connectivity index (χ4v) is 4.79. The fraction of sp³-hybridized carbons (Fsp3) is 0.967. The molecule has 1 rings (SSSR count). The molecule has 35 heavy (non-hydrogen) atoms. The molecule has 5 nitrogen and oxygen atoms in total. The molecule has 1 heterocycles. The van der Waals surface area contributed by atoms with E-state index in [0.29, 0.717) is 19.2 Å². The Morgan fingerprint density at radius 3 is 2.03 bits per heavy atom. The van der Waals surface area contributed by atoms with E-state index in [9.17, 15) is 4.79 Å². The van der Waals surface area contributed by atoms with Crippen molar-refractivity contribution in [2.45, 2.75) is 167 Å². The van der Waals surface area contributed by atoms with Gasteiger partial charge in [0.25, 0.3) is 0 Å². The fourth-order valence-electron chi connectivity index (χ4n) is 4.79. The van der Waals surface area contributed by atoms with Crippen molar-refractivity contribution in [3.63, 3.8) is 0 Å². The Bertz CT molecular complexity index is 454. The molecular formula is C30H59NO4. The van der Waals surface area contributed by atoms with Crippen molar-refractivity contribution in [2.24, 2.45) is 0 Å². The summed E-state index contributed by atoms with van der Waals surface area (Å²) >= 11 is 0. The molecule has 0 saturated carbocycles. The van der Waals surface area contributed by atoms with E-state index in [1.54, 1.807) is 0 Å². The molecular weight excluding hydrogens is 438 g/mol. The van der Waals surface area contributed by atoms with E-state index < -0.39 is 0 Å². The molecule has 1 aliphatic heterocycles. The van der Waals surface area contributed by atoms with Gasteiger partial charge in [-0.1, -0.05) is 104 Å². The van der Waals surface area contributed by atoms with E-state index in [0.717, 1.165) is 45.3 Å². The average Bonchev–Trinajstić information content (AvgIpc) is 2.87. The lowest BCUT2D eigenvalue weighted by Crippen LogP contribution is -2.32. The summed E-state index contributed by atoms with van der Waals surface area (Å²) in [6, 6.07) is 0.454. The number of carbonyl (C=O) groups excluding carboxylic acids is 1. The molecule has 1 fully saturated rings. The van der Waals surface area contributed by atoms with Crippen LogP contribution in [0, 0.1) is 0 Å². The molecule has 1 aliphatic rings. The van der Waals surface area contributed by atoms with E-state index in [1.165, 1.54) is 103 Å². The highest BCUT2D eigenvalue weighted by atomic mass is 16.7. The molecule has 0 radical (unpaired) electrons. The van der Waals surface area contributed by atoms with Gasteiger partial charge in [-0.15, -0.1) is 0 Å². The van der Waals surface area contributed by atoms with Crippen LogP contribution in [0.5, 0.6) is 0 Å². The van der Waals surface area contributed by atoms with Crippen molar-refractivity contribution in [1.29, 1.82) is 0 Å². The van der Waals surface area contributed by atoms with Gasteiger partial charge in [0, 0.05) is 25.7 Å². The van der Waals surface area contributed by atoms with Crippen LogP contribution in [-0.2, 0) is 19.0 Å². The first-order valence-electron chi connectivity index (χ1n) is 15.4. The predicted octanol–water partition coefficient (Wildman–Crippen LogP) is 8.44. The largest absolute Gasteiger partial charge is 0.450 e. The quantitative estimate of drug-likeness (QED) is 0.0779. The molecule has 0 aromatic carbocycles. The van der Waals surface area contributed by atoms with E-state index in [1.807, 2.05) is 0 Å². The van der Waals surface area contributed by atoms with Gasteiger partial charge in [-0.3, -0.25) is 10.1 Å². The normalized spacial score (nSPS) is 16.9. The van der Waals surface area contributed by atoms with E-state index in [2.05, 4.69) is 19.2 Å². The first-order chi connectivity index (χ1) is 17.3. The molecule has 1 saturated heterocycles. The number of ether oxygens (including phenoxy) is 3. The molecule has 0 amide bonds. The minimum absolute atomic E-state index is 0.0401. The topological polar surface area (TPSA) is 56.8 Å². The SMILES string of the molecule is CCCCCCCCCC(CCCCCCOC1CCCCO1)NCOC(=O)CCCCCCC. The number of nitrogens with one attached hydrogen (secondary N) is 1. The Balaban J connectivity index is 2.14. The first kappa shape index (κ1) is 32.4. The van der Waals surface area contributed by atoms with Crippen LogP contribution >= 0.6 is 0 Å². The smallest absolute Gasteiger partial charge is 0.307 e. The summed E-state index contributed by atoms with van der Waals surface area (Å²) in [6.07, 6.45) is 26.4. The number of unbranched alkanes of at least 4 members (excludes halogenated alkanes) is 13. The summed E-state index contributed by atoms with van der Waals surface area (Å²) in [6.45, 7) is 6.52. The Morgan fingerprint density at radius 1 is 0.800 bits per heavy atom. The molecule has 208 valence electrons. The zero-order chi connectivity index (χ0) is 25.2. The monoisotopic (exact) mass is 497 g/mol. The first-order valence-corrected chi connectivity index (χ1v) is 15.4. The van der Waals surface area contributed by atoms with Gasteiger partial charge in [-0.25, -0.2) is 0 Å². The van der Waals surface area contributed by atoms with Gasteiger partial charge in [-0.05, 0) is 44.9 Å². The highest BCUT2D eigenvalue weighted by molar-refractivity contribution is 5.69. The maximum atomic E-state index is 12.0. The van der Waals surface area contributed by atoms with Gasteiger partial charge in [0.2, 0.25) is 0 Å². The van der Waals surface area contributed by atoms with Crippen molar-refractivity contribution in [3.05, 3.63) is 0 Å². The van der Waals surface area contributed by atoms with Crippen molar-refractivity contribution >= 4 is 5.97 Å². The maximum Gasteiger partial charge on any atom is 0.307 e. The number of esters is 1. The summed E-state index contributed by atoms with van der Waals surface area (Å²) in [5, 5.41) is 3.53. The van der Waals surface area contributed by atoms with Gasteiger partial charge >= 0.3 is 5.97 Å². The Morgan fingerprint density at radius 2 is 1.40 bits per heavy atom. The third kappa shape index (κ3) is 21.2. The summed E-state index contributed by atoms with van der Waals surface area (Å²) < 4.78 is 17.0. The van der Waals surface area contributed by atoms with Crippen molar-refractivity contribution in [3.8, 4) is 0 Å². The zero-order valence-electron chi connectivity index (χ0n) is 23.5. The van der Waals surface area contributed by atoms with Gasteiger partial charge in [-0.2, -0.15) is 0 Å². The van der Waals surface area contributed by atoms with Crippen LogP contribution in [0.25, 0.3) is 0 Å². The molecule has 0 bridgehead atoms. The van der Waals surface area contributed by atoms with E-state index in [4.69, 9.17) is 14.2 Å². The second-order valence-corrected chi connectivity index (χ2v) is 10.5. The lowest BCUT2D eigenvalue weighted by atomic mass is 10.0. The summed E-state index contributed by atoms with van der Waals surface area (Å²) in [5.41, 5.74) is 0. The van der Waals surface area contributed by atoms with Crippen LogP contribution in [0.2, 0.25) is 0 Å². The van der Waals surface area contributed by atoms with Gasteiger partial charge in [0.15, 0.2) is 6.29 Å². The molecule has 0 spiro atoms. The van der Waals surface area contributed by atoms with Crippen molar-refractivity contribution < 1.29 is 19.0 Å². The van der Waals surface area contributed by atoms with Crippen molar-refractivity contribution in [2.75, 3.05) is 19.9 Å². The second-order valence-electron chi connectivity index (χ2n) is 10.5. The number of hydrogen-bond donors (Lipinski definition) is 1. The molecule has 0 aromatic rings. The number of rotatable bonds is 25. The van der Waals surface area contributed by atoms with Crippen LogP contribution in [-0.4, -0.2) is 38.2 Å². The predicted molar refractivity (Wildman–Crippen MR) is 146 cm³/mol. The molecule has 2 unspecified atom stereocenters. The van der Waals surface area contributed by atoms with Crippen LogP contribution < -0.4 is 5.32 Å². The van der Waals surface area contributed by atoms with E-state index >= 15 is 0 Å². The molecule has 2 atom stereocenters. The lowest BCUT2D eigenvalue weighted by Gasteiger charge is -2.22. The third-order valence-corrected chi connectivity index (χ3v) is 7.13. The molecule has 1 N–H and O–H groups in total. The second kappa shape index (κ2) is 25.0. The molecule has 0 aliphatic carbocycles. The van der Waals surface area contributed by atoms with Crippen LogP contribution in [0.15, 0.2) is 0 Å². The molecule has 0 aromatic heterocycles. The van der Waals surface area contributed by atoms with Gasteiger partial charge in [0.05, 0.1) is 0 Å². The minimum atomic E-state index is -0.0504. The average molecular weight is 498 g/mol. The lowest BCUT2D eigenvalue weighted by molar-refractivity contribution is -0.162. The minimum Gasteiger partial charge on any atom is -0.450 e. The van der Waals surface area contributed by atoms with Crippen LogP contribution in [0.1, 0.15) is 155 Å². The van der Waals surface area contributed by atoms with Crippen LogP contribution in [0.3, 0.4) is 0 Å². The Kier molecular flexibility index (Phi) is 23.1. The molecule has 5 heteroatoms. The summed E-state index contributed by atoms with van der Waals surface area (Å²) in [4.78, 5) is 12.0. The summed E-state index contributed by atoms with van der Waals surface area (Å²) in [7, 11) is 0. The number of carbonyl (C=O) groups is 1. The Hall–Kier alpha value is -0.650. The third-order valence-electron chi connectivity index (χ3n) is 7.13. The zero-order valence-corrected chi connectivity index (χ0v) is 23.5. The Labute approximate surface area is 217 Å². The van der Waals surface area contributed by atoms with Gasteiger partial charge in [0.1, 0.15) is 6.73 Å². The maximum absolute atomic E-state index is 12.0. The standard InChI is InChI=1S/C30H59NO4/c1-3-5-7-9-10-12-15-21-28(31-27-35-29(32)23-17-11-8-6-4-2)22-16-13-14-19-25-33-30-24-18-20-26-34-30/h28,30-31H,3-27H2,1-2H3. The van der Waals surface area contributed by atoms with Crippen molar-refractivity contribution in [1.82, 2.24) is 5.32 Å². The highest BCUT2D eigenvalue weighted by Crippen LogP contribution is 2.16.